The number of carbonyl (C=O) groups is 3. The van der Waals surface area contributed by atoms with E-state index in [4.69, 9.17) is 4.74 Å². The Balaban J connectivity index is 1.43. The van der Waals surface area contributed by atoms with E-state index in [1.165, 1.54) is 0 Å². The molecular formula is C34H35NO8. The standard InChI is InChI=1S/C34H35NO8/c1-20(16-21-13-15-28(37)25-11-7-6-10-24(21)25)12-14-29(38)30-22(19-43-23-8-4-3-5-9-23)17-26-31(27(30)18-36)33(40)35(32(26)39)34(41)42-2/h3-11,13,15-16,26-27,29,31,36-38H,12,14,17-19H2,1-2H3/b20-16+/t26-,27+,29-,31-/m1/s1. The van der Waals surface area contributed by atoms with Gasteiger partial charge in [0, 0.05) is 11.3 Å². The van der Waals surface area contributed by atoms with Crippen LogP contribution in [0.5, 0.6) is 11.5 Å². The molecule has 9 heteroatoms. The van der Waals surface area contributed by atoms with Crippen LogP contribution in [0.1, 0.15) is 31.7 Å². The maximum atomic E-state index is 13.3. The Labute approximate surface area is 249 Å². The summed E-state index contributed by atoms with van der Waals surface area (Å²) < 4.78 is 10.7. The van der Waals surface area contributed by atoms with Crippen LogP contribution in [-0.2, 0) is 14.3 Å². The number of para-hydroxylation sites is 1. The zero-order valence-corrected chi connectivity index (χ0v) is 24.1. The van der Waals surface area contributed by atoms with Gasteiger partial charge in [0.05, 0.1) is 31.7 Å². The predicted molar refractivity (Wildman–Crippen MR) is 160 cm³/mol. The van der Waals surface area contributed by atoms with Gasteiger partial charge in [0.25, 0.3) is 0 Å². The summed E-state index contributed by atoms with van der Waals surface area (Å²) in [6.07, 6.45) is 0.803. The van der Waals surface area contributed by atoms with Crippen LogP contribution in [0, 0.1) is 17.8 Å². The van der Waals surface area contributed by atoms with E-state index in [2.05, 4.69) is 4.74 Å². The van der Waals surface area contributed by atoms with Crippen LogP contribution in [0.2, 0.25) is 0 Å². The van der Waals surface area contributed by atoms with E-state index in [0.717, 1.165) is 29.0 Å². The number of fused-ring (bicyclic) bond motifs is 2. The Morgan fingerprint density at radius 1 is 1.02 bits per heavy atom. The molecule has 0 spiro atoms. The molecule has 5 rings (SSSR count). The number of hydrogen-bond acceptors (Lipinski definition) is 8. The minimum absolute atomic E-state index is 0.0458. The molecule has 43 heavy (non-hydrogen) atoms. The molecule has 0 bridgehead atoms. The Morgan fingerprint density at radius 2 is 1.72 bits per heavy atom. The molecule has 1 saturated heterocycles. The second-order valence-corrected chi connectivity index (χ2v) is 11.0. The Hall–Kier alpha value is -4.47. The van der Waals surface area contributed by atoms with E-state index in [-0.39, 0.29) is 18.8 Å². The molecule has 0 aromatic heterocycles. The molecule has 0 radical (unpaired) electrons. The van der Waals surface area contributed by atoms with Gasteiger partial charge in [0.2, 0.25) is 11.8 Å². The molecule has 0 saturated carbocycles. The van der Waals surface area contributed by atoms with E-state index in [1.807, 2.05) is 61.5 Å². The number of amides is 3. The average Bonchev–Trinajstić information content (AvgIpc) is 3.28. The van der Waals surface area contributed by atoms with Crippen LogP contribution in [0.3, 0.4) is 0 Å². The van der Waals surface area contributed by atoms with Gasteiger partial charge in [-0.2, -0.15) is 4.90 Å². The number of ether oxygens (including phenoxy) is 2. The summed E-state index contributed by atoms with van der Waals surface area (Å²) in [4.78, 5) is 39.3. The lowest BCUT2D eigenvalue weighted by atomic mass is 9.68. The van der Waals surface area contributed by atoms with Crippen LogP contribution in [0.25, 0.3) is 16.8 Å². The molecule has 2 aliphatic rings. The first kappa shape index (κ1) is 30.0. The maximum Gasteiger partial charge on any atom is 0.423 e. The third kappa shape index (κ3) is 5.91. The minimum atomic E-state index is -1.06. The lowest BCUT2D eigenvalue weighted by Gasteiger charge is -2.36. The van der Waals surface area contributed by atoms with Crippen LogP contribution in [0.4, 0.5) is 4.79 Å². The first-order chi connectivity index (χ1) is 20.7. The molecule has 4 atom stereocenters. The second-order valence-electron chi connectivity index (χ2n) is 11.0. The lowest BCUT2D eigenvalue weighted by molar-refractivity contribution is -0.137. The van der Waals surface area contributed by atoms with Crippen molar-refractivity contribution in [2.45, 2.75) is 32.3 Å². The predicted octanol–water partition coefficient (Wildman–Crippen LogP) is 4.85. The zero-order chi connectivity index (χ0) is 30.7. The van der Waals surface area contributed by atoms with E-state index < -0.39 is 48.4 Å². The number of aromatic hydroxyl groups is 1. The van der Waals surface area contributed by atoms with Crippen molar-refractivity contribution in [1.82, 2.24) is 4.90 Å². The first-order valence-electron chi connectivity index (χ1n) is 14.3. The average molecular weight is 586 g/mol. The number of phenols is 1. The van der Waals surface area contributed by atoms with Crippen LogP contribution < -0.4 is 4.74 Å². The third-order valence-corrected chi connectivity index (χ3v) is 8.40. The van der Waals surface area contributed by atoms with Crippen molar-refractivity contribution in [3.8, 4) is 11.5 Å². The Kier molecular flexibility index (Phi) is 8.94. The fourth-order valence-electron chi connectivity index (χ4n) is 6.34. The first-order valence-corrected chi connectivity index (χ1v) is 14.3. The number of likely N-dealkylation sites (tertiary alicyclic amines) is 1. The van der Waals surface area contributed by atoms with Crippen molar-refractivity contribution in [2.24, 2.45) is 17.8 Å². The Morgan fingerprint density at radius 3 is 2.42 bits per heavy atom. The number of rotatable bonds is 9. The van der Waals surface area contributed by atoms with Gasteiger partial charge in [-0.3, -0.25) is 9.59 Å². The van der Waals surface area contributed by atoms with Crippen LogP contribution in [-0.4, -0.2) is 64.6 Å². The zero-order valence-electron chi connectivity index (χ0n) is 24.1. The number of methoxy groups -OCH3 is 1. The van der Waals surface area contributed by atoms with Crippen molar-refractivity contribution in [1.29, 1.82) is 0 Å². The lowest BCUT2D eigenvalue weighted by Crippen LogP contribution is -2.40. The van der Waals surface area contributed by atoms with E-state index in [1.54, 1.807) is 18.2 Å². The van der Waals surface area contributed by atoms with Gasteiger partial charge in [-0.1, -0.05) is 60.2 Å². The highest BCUT2D eigenvalue weighted by atomic mass is 16.5. The monoisotopic (exact) mass is 585 g/mol. The Bertz CT molecular complexity index is 1590. The summed E-state index contributed by atoms with van der Waals surface area (Å²) in [5.41, 5.74) is 3.00. The number of aliphatic hydroxyl groups is 2. The number of nitrogens with zero attached hydrogens (tertiary/aromatic N) is 1. The molecule has 1 aliphatic carbocycles. The normalized spacial score (nSPS) is 21.3. The summed E-state index contributed by atoms with van der Waals surface area (Å²) in [5, 5.41) is 34.0. The molecule has 3 aromatic rings. The second kappa shape index (κ2) is 12.8. The van der Waals surface area contributed by atoms with E-state index >= 15 is 0 Å². The summed E-state index contributed by atoms with van der Waals surface area (Å²) >= 11 is 0. The van der Waals surface area contributed by atoms with Crippen molar-refractivity contribution in [2.75, 3.05) is 20.3 Å². The molecule has 0 unspecified atom stereocenters. The molecule has 1 fully saturated rings. The fourth-order valence-corrected chi connectivity index (χ4v) is 6.34. The van der Waals surface area contributed by atoms with Gasteiger partial charge in [-0.05, 0) is 66.5 Å². The van der Waals surface area contributed by atoms with Crippen LogP contribution in [0.15, 0.2) is 83.4 Å². The molecule has 224 valence electrons. The van der Waals surface area contributed by atoms with Crippen molar-refractivity contribution >= 4 is 34.8 Å². The van der Waals surface area contributed by atoms with Gasteiger partial charge in [0.1, 0.15) is 18.1 Å². The summed E-state index contributed by atoms with van der Waals surface area (Å²) in [7, 11) is 1.10. The molecular weight excluding hydrogens is 550 g/mol. The fraction of sp³-hybridized carbons (Fsp3) is 0.324. The molecule has 9 nitrogen and oxygen atoms in total. The number of hydrogen-bond donors (Lipinski definition) is 3. The summed E-state index contributed by atoms with van der Waals surface area (Å²) in [6.45, 7) is 1.50. The SMILES string of the molecule is COC(=O)N1C(=O)[C@@H]2[C@@H](CC(COc3ccccc3)=C([C@H](O)CC/C(C)=C/c3ccc(O)c4ccccc34)[C@@H]2CO)C1=O. The highest BCUT2D eigenvalue weighted by Gasteiger charge is 2.57. The van der Waals surface area contributed by atoms with Crippen molar-refractivity contribution in [3.63, 3.8) is 0 Å². The highest BCUT2D eigenvalue weighted by molar-refractivity contribution is 6.16. The molecule has 1 heterocycles. The van der Waals surface area contributed by atoms with E-state index in [0.29, 0.717) is 34.6 Å². The molecule has 3 aromatic carbocycles. The number of carbonyl (C=O) groups excluding carboxylic acids is 3. The number of phenolic OH excluding ortho intramolecular Hbond substituents is 1. The topological polar surface area (TPSA) is 134 Å². The number of aliphatic hydroxyl groups excluding tert-OH is 2. The summed E-state index contributed by atoms with van der Waals surface area (Å²) in [6, 6.07) is 20.2. The quantitative estimate of drug-likeness (QED) is 0.240. The minimum Gasteiger partial charge on any atom is -0.507 e. The summed E-state index contributed by atoms with van der Waals surface area (Å²) in [5.74, 6) is -3.36. The molecule has 1 aliphatic heterocycles. The number of allylic oxidation sites excluding steroid dienone is 1. The smallest absolute Gasteiger partial charge is 0.423 e. The molecule has 3 amide bonds. The van der Waals surface area contributed by atoms with Crippen molar-refractivity contribution in [3.05, 3.63) is 89.0 Å². The third-order valence-electron chi connectivity index (χ3n) is 8.40. The largest absolute Gasteiger partial charge is 0.507 e. The van der Waals surface area contributed by atoms with Gasteiger partial charge in [-0.25, -0.2) is 4.79 Å². The number of benzene rings is 3. The highest BCUT2D eigenvalue weighted by Crippen LogP contribution is 2.46. The van der Waals surface area contributed by atoms with Gasteiger partial charge in [0.15, 0.2) is 0 Å². The molecule has 3 N–H and O–H groups in total. The van der Waals surface area contributed by atoms with Gasteiger partial charge >= 0.3 is 6.09 Å². The van der Waals surface area contributed by atoms with Gasteiger partial charge in [-0.15, -0.1) is 0 Å². The van der Waals surface area contributed by atoms with Crippen molar-refractivity contribution < 1.29 is 39.2 Å². The van der Waals surface area contributed by atoms with Crippen LogP contribution >= 0.6 is 0 Å². The van der Waals surface area contributed by atoms with E-state index in [9.17, 15) is 29.7 Å². The van der Waals surface area contributed by atoms with Gasteiger partial charge < -0.3 is 24.8 Å². The number of imide groups is 3. The maximum absolute atomic E-state index is 13.3.